The van der Waals surface area contributed by atoms with Crippen molar-refractivity contribution in [1.29, 1.82) is 0 Å². The fourth-order valence-electron chi connectivity index (χ4n) is 5.65. The summed E-state index contributed by atoms with van der Waals surface area (Å²) >= 11 is 0. The zero-order valence-corrected chi connectivity index (χ0v) is 25.0. The molecule has 8 nitrogen and oxygen atoms in total. The van der Waals surface area contributed by atoms with Crippen LogP contribution in [0.25, 0.3) is 11.0 Å². The van der Waals surface area contributed by atoms with Gasteiger partial charge in [-0.25, -0.2) is 22.5 Å². The molecule has 2 amide bonds. The first-order chi connectivity index (χ1) is 21.5. The van der Waals surface area contributed by atoms with Gasteiger partial charge in [0.2, 0.25) is 23.7 Å². The first kappa shape index (κ1) is 32.0. The number of fused-ring (bicyclic) bond motifs is 1. The molecule has 0 saturated heterocycles. The number of aromatic amines is 1. The summed E-state index contributed by atoms with van der Waals surface area (Å²) in [6.45, 7) is 0.375. The Hall–Kier alpha value is -4.40. The van der Waals surface area contributed by atoms with E-state index in [0.29, 0.717) is 11.5 Å². The Kier molecular flexibility index (Phi) is 9.75. The Bertz CT molecular complexity index is 1620. The lowest BCUT2D eigenvalue weighted by Crippen LogP contribution is -2.36. The van der Waals surface area contributed by atoms with Crippen LogP contribution in [0.15, 0.2) is 41.4 Å². The average Bonchev–Trinajstić information content (AvgIpc) is 3.43. The number of nitrogens with one attached hydrogen (secondary N) is 4. The molecule has 1 heterocycles. The second kappa shape index (κ2) is 13.7. The number of carbonyl (C=O) groups is 2. The van der Waals surface area contributed by atoms with Gasteiger partial charge in [-0.1, -0.05) is 11.8 Å². The highest BCUT2D eigenvalue weighted by molar-refractivity contribution is 5.83. The van der Waals surface area contributed by atoms with Gasteiger partial charge in [-0.2, -0.15) is 0 Å². The third-order valence-electron chi connectivity index (χ3n) is 8.35. The van der Waals surface area contributed by atoms with Gasteiger partial charge >= 0.3 is 0 Å². The van der Waals surface area contributed by atoms with Crippen molar-refractivity contribution in [2.24, 2.45) is 16.8 Å². The highest BCUT2D eigenvalue weighted by atomic mass is 19.3. The molecule has 1 aromatic heterocycles. The van der Waals surface area contributed by atoms with Crippen molar-refractivity contribution in [3.05, 3.63) is 53.3 Å². The first-order valence-corrected chi connectivity index (χ1v) is 15.2. The minimum Gasteiger partial charge on any atom is -0.386 e. The van der Waals surface area contributed by atoms with Crippen LogP contribution in [-0.2, 0) is 16.1 Å². The zero-order chi connectivity index (χ0) is 32.0. The van der Waals surface area contributed by atoms with Gasteiger partial charge in [0.15, 0.2) is 0 Å². The molecule has 45 heavy (non-hydrogen) atoms. The topological polar surface area (TPSA) is 111 Å². The lowest BCUT2D eigenvalue weighted by atomic mass is 9.86. The zero-order valence-electron chi connectivity index (χ0n) is 25.0. The molecule has 238 valence electrons. The van der Waals surface area contributed by atoms with Crippen LogP contribution >= 0.6 is 0 Å². The molecule has 2 aromatic carbocycles. The van der Waals surface area contributed by atoms with Crippen LogP contribution in [0.4, 0.5) is 28.9 Å². The molecule has 2 aliphatic carbocycles. The highest BCUT2D eigenvalue weighted by Crippen LogP contribution is 2.37. The molecule has 2 aliphatic rings. The number of carbonyl (C=O) groups excluding carboxylic acids is 2. The van der Waals surface area contributed by atoms with Crippen molar-refractivity contribution in [2.75, 3.05) is 18.9 Å². The third-order valence-corrected chi connectivity index (χ3v) is 8.35. The molecule has 0 radical (unpaired) electrons. The van der Waals surface area contributed by atoms with E-state index in [4.69, 9.17) is 0 Å². The Morgan fingerprint density at radius 3 is 2.11 bits per heavy atom. The number of imidazole rings is 1. The van der Waals surface area contributed by atoms with Crippen LogP contribution in [0, 0.1) is 23.7 Å². The number of nitrogens with zero attached hydrogens (tertiary/aromatic N) is 2. The second-order valence-corrected chi connectivity index (χ2v) is 11.7. The lowest BCUT2D eigenvalue weighted by Gasteiger charge is -2.27. The number of alkyl halides is 4. The van der Waals surface area contributed by atoms with E-state index in [1.54, 1.807) is 13.3 Å². The molecule has 12 heteroatoms. The van der Waals surface area contributed by atoms with Gasteiger partial charge in [0.05, 0.1) is 35.5 Å². The van der Waals surface area contributed by atoms with E-state index in [0.717, 1.165) is 27.8 Å². The van der Waals surface area contributed by atoms with E-state index in [1.165, 1.54) is 0 Å². The lowest BCUT2D eigenvalue weighted by molar-refractivity contribution is -0.130. The summed E-state index contributed by atoms with van der Waals surface area (Å²) in [5, 5.41) is 8.66. The van der Waals surface area contributed by atoms with E-state index >= 15 is 0 Å². The summed E-state index contributed by atoms with van der Waals surface area (Å²) in [5.41, 5.74) is 4.41. The number of amides is 2. The van der Waals surface area contributed by atoms with Crippen molar-refractivity contribution in [2.45, 2.75) is 69.8 Å². The van der Waals surface area contributed by atoms with Gasteiger partial charge in [0.1, 0.15) is 5.82 Å². The van der Waals surface area contributed by atoms with Gasteiger partial charge < -0.3 is 20.9 Å². The smallest absolute Gasteiger partial charge is 0.248 e. The Morgan fingerprint density at radius 2 is 1.49 bits per heavy atom. The number of hydrogen-bond donors (Lipinski definition) is 4. The predicted molar refractivity (Wildman–Crippen MR) is 165 cm³/mol. The molecule has 0 atom stereocenters. The third kappa shape index (κ3) is 8.62. The number of H-pyrrole nitrogens is 1. The van der Waals surface area contributed by atoms with Crippen LogP contribution in [0.1, 0.15) is 68.3 Å². The average molecular weight is 625 g/mol. The van der Waals surface area contributed by atoms with Crippen molar-refractivity contribution >= 4 is 40.4 Å². The monoisotopic (exact) mass is 624 g/mol. The Balaban J connectivity index is 1.14. The standard InChI is InChI=1S/C33H36F4N6O2/c1-38-27-18-21(4-6-25(27)39-16-17-40-30(44)23-8-12-32(34,35)13-9-23)2-3-22-5-7-26-28(19-22)43-29(42-26)20-41-31(45)24-10-14-33(36,37)15-11-24/h4-7,16,18-19,23-24,38H,8-15,17,20H2,1H3,(H,40,44)(H,41,45)(H,42,43)/b39-16+. The number of rotatable bonds is 8. The molecular weight excluding hydrogens is 588 g/mol. The SMILES string of the molecule is CNc1cc(C#Cc2ccc3nc(CNC(=O)C4CCC(F)(F)CC4)[nH]c3c2)ccc1/N=C/CNC(=O)C1CCC(F)(F)CC1. The van der Waals surface area contributed by atoms with Gasteiger partial charge in [-0.15, -0.1) is 0 Å². The molecular formula is C33H36F4N6O2. The van der Waals surface area contributed by atoms with Crippen LogP contribution < -0.4 is 16.0 Å². The number of aliphatic imine (C=N–C) groups is 1. The molecule has 4 N–H and O–H groups in total. The van der Waals surface area contributed by atoms with E-state index in [-0.39, 0.29) is 82.2 Å². The number of benzene rings is 2. The van der Waals surface area contributed by atoms with Crippen molar-refractivity contribution in [1.82, 2.24) is 20.6 Å². The number of hydrogen-bond acceptors (Lipinski definition) is 5. The molecule has 5 rings (SSSR count). The molecule has 0 bridgehead atoms. The summed E-state index contributed by atoms with van der Waals surface area (Å²) in [6, 6.07) is 11.1. The van der Waals surface area contributed by atoms with Gasteiger partial charge in [0.25, 0.3) is 0 Å². The summed E-state index contributed by atoms with van der Waals surface area (Å²) in [6.07, 6.45) is 1.29. The molecule has 0 unspecified atom stereocenters. The van der Waals surface area contributed by atoms with Crippen LogP contribution in [0.2, 0.25) is 0 Å². The van der Waals surface area contributed by atoms with Gasteiger partial charge in [-0.3, -0.25) is 14.6 Å². The fraction of sp³-hybridized carbons (Fsp3) is 0.455. The maximum Gasteiger partial charge on any atom is 0.248 e. The minimum absolute atomic E-state index is 0.178. The molecule has 0 aliphatic heterocycles. The van der Waals surface area contributed by atoms with E-state index in [9.17, 15) is 27.2 Å². The molecule has 0 spiro atoms. The van der Waals surface area contributed by atoms with E-state index in [1.807, 2.05) is 36.4 Å². The maximum atomic E-state index is 13.4. The van der Waals surface area contributed by atoms with Crippen molar-refractivity contribution in [3.63, 3.8) is 0 Å². The summed E-state index contributed by atoms with van der Waals surface area (Å²) in [7, 11) is 1.77. The van der Waals surface area contributed by atoms with Crippen molar-refractivity contribution < 1.29 is 27.2 Å². The van der Waals surface area contributed by atoms with E-state index in [2.05, 4.69) is 42.8 Å². The van der Waals surface area contributed by atoms with Gasteiger partial charge in [0, 0.05) is 61.9 Å². The van der Waals surface area contributed by atoms with Crippen molar-refractivity contribution in [3.8, 4) is 11.8 Å². The summed E-state index contributed by atoms with van der Waals surface area (Å²) in [4.78, 5) is 36.9. The summed E-state index contributed by atoms with van der Waals surface area (Å²) in [5.74, 6) is 0.278. The molecule has 3 aromatic rings. The molecule has 2 saturated carbocycles. The maximum absolute atomic E-state index is 13.4. The number of anilines is 1. The fourth-order valence-corrected chi connectivity index (χ4v) is 5.65. The van der Waals surface area contributed by atoms with E-state index < -0.39 is 17.8 Å². The van der Waals surface area contributed by atoms with Gasteiger partial charge in [-0.05, 0) is 62.1 Å². The van der Waals surface area contributed by atoms with Crippen LogP contribution in [0.5, 0.6) is 0 Å². The number of aromatic nitrogens is 2. The Labute approximate surface area is 258 Å². The second-order valence-electron chi connectivity index (χ2n) is 11.7. The predicted octanol–water partition coefficient (Wildman–Crippen LogP) is 6.09. The largest absolute Gasteiger partial charge is 0.386 e. The summed E-state index contributed by atoms with van der Waals surface area (Å²) < 4.78 is 53.5. The normalized spacial score (nSPS) is 18.3. The number of halogens is 4. The quantitative estimate of drug-likeness (QED) is 0.138. The van der Waals surface area contributed by atoms with Crippen LogP contribution in [-0.4, -0.2) is 53.4 Å². The Morgan fingerprint density at radius 1 is 0.911 bits per heavy atom. The highest BCUT2D eigenvalue weighted by Gasteiger charge is 2.38. The minimum atomic E-state index is -2.67. The molecule has 2 fully saturated rings. The van der Waals surface area contributed by atoms with Crippen LogP contribution in [0.3, 0.4) is 0 Å². The first-order valence-electron chi connectivity index (χ1n) is 15.2.